The number of piperidine rings is 1. The van der Waals surface area contributed by atoms with E-state index in [0.717, 1.165) is 30.8 Å². The maximum absolute atomic E-state index is 12.0. The van der Waals surface area contributed by atoms with Gasteiger partial charge in [0.05, 0.1) is 4.34 Å². The lowest BCUT2D eigenvalue weighted by molar-refractivity contribution is -0.122. The third kappa shape index (κ3) is 5.25. The van der Waals surface area contributed by atoms with Gasteiger partial charge in [-0.3, -0.25) is 4.79 Å². The standard InChI is InChI=1S/C15H23ClN2O2S/c1-10(11-4-6-17-7-5-11)8-15(20)18-9-12(19)13-2-3-14(16)21-13/h2-3,10-12,17,19H,4-9H2,1H3,(H,18,20). The van der Waals surface area contributed by atoms with Gasteiger partial charge in [0.25, 0.3) is 0 Å². The summed E-state index contributed by atoms with van der Waals surface area (Å²) in [4.78, 5) is 12.8. The molecule has 4 nitrogen and oxygen atoms in total. The van der Waals surface area contributed by atoms with Crippen LogP contribution in [0.15, 0.2) is 12.1 Å². The summed E-state index contributed by atoms with van der Waals surface area (Å²) in [6, 6.07) is 3.55. The first kappa shape index (κ1) is 16.7. The van der Waals surface area contributed by atoms with E-state index in [2.05, 4.69) is 17.6 Å². The molecule has 1 fully saturated rings. The van der Waals surface area contributed by atoms with E-state index in [1.807, 2.05) is 0 Å². The maximum atomic E-state index is 12.0. The summed E-state index contributed by atoms with van der Waals surface area (Å²) in [5.41, 5.74) is 0. The second kappa shape index (κ2) is 8.13. The molecule has 1 aromatic heterocycles. The highest BCUT2D eigenvalue weighted by molar-refractivity contribution is 7.16. The molecule has 0 aliphatic carbocycles. The molecule has 118 valence electrons. The molecule has 0 aromatic carbocycles. The van der Waals surface area contributed by atoms with Gasteiger partial charge in [-0.05, 0) is 49.9 Å². The number of nitrogens with one attached hydrogen (secondary N) is 2. The molecule has 2 rings (SSSR count). The predicted octanol–water partition coefficient (Wildman–Crippen LogP) is 2.58. The van der Waals surface area contributed by atoms with Crippen LogP contribution >= 0.6 is 22.9 Å². The van der Waals surface area contributed by atoms with Crippen molar-refractivity contribution in [2.75, 3.05) is 19.6 Å². The summed E-state index contributed by atoms with van der Waals surface area (Å²) in [6.45, 7) is 4.49. The highest BCUT2D eigenvalue weighted by Crippen LogP contribution is 2.27. The molecule has 2 atom stereocenters. The van der Waals surface area contributed by atoms with Crippen molar-refractivity contribution in [1.82, 2.24) is 10.6 Å². The number of carbonyl (C=O) groups excluding carboxylic acids is 1. The molecular weight excluding hydrogens is 308 g/mol. The van der Waals surface area contributed by atoms with E-state index >= 15 is 0 Å². The molecule has 6 heteroatoms. The number of amides is 1. The van der Waals surface area contributed by atoms with Crippen molar-refractivity contribution in [1.29, 1.82) is 0 Å². The molecule has 2 heterocycles. The first-order valence-electron chi connectivity index (χ1n) is 7.47. The van der Waals surface area contributed by atoms with E-state index in [-0.39, 0.29) is 12.5 Å². The number of halogens is 1. The Morgan fingerprint density at radius 1 is 1.52 bits per heavy atom. The van der Waals surface area contributed by atoms with Gasteiger partial charge in [-0.2, -0.15) is 0 Å². The molecule has 0 saturated carbocycles. The smallest absolute Gasteiger partial charge is 0.220 e. The van der Waals surface area contributed by atoms with Crippen molar-refractivity contribution >= 4 is 28.8 Å². The molecule has 2 unspecified atom stereocenters. The van der Waals surface area contributed by atoms with Crippen molar-refractivity contribution in [3.05, 3.63) is 21.3 Å². The van der Waals surface area contributed by atoms with Crippen LogP contribution in [0.4, 0.5) is 0 Å². The molecule has 1 aliphatic rings. The van der Waals surface area contributed by atoms with Gasteiger partial charge < -0.3 is 15.7 Å². The number of aliphatic hydroxyl groups excluding tert-OH is 1. The Morgan fingerprint density at radius 3 is 2.86 bits per heavy atom. The van der Waals surface area contributed by atoms with E-state index in [1.165, 1.54) is 11.3 Å². The number of rotatable bonds is 6. The fourth-order valence-electron chi connectivity index (χ4n) is 2.76. The number of thiophene rings is 1. The van der Waals surface area contributed by atoms with Crippen molar-refractivity contribution in [2.45, 2.75) is 32.3 Å². The minimum atomic E-state index is -0.680. The molecule has 1 amide bonds. The lowest BCUT2D eigenvalue weighted by Crippen LogP contribution is -2.34. The van der Waals surface area contributed by atoms with Crippen LogP contribution in [-0.4, -0.2) is 30.6 Å². The molecule has 21 heavy (non-hydrogen) atoms. The second-order valence-corrected chi connectivity index (χ2v) is 7.48. The van der Waals surface area contributed by atoms with Crippen LogP contribution in [0, 0.1) is 11.8 Å². The monoisotopic (exact) mass is 330 g/mol. The van der Waals surface area contributed by atoms with Gasteiger partial charge in [-0.1, -0.05) is 18.5 Å². The van der Waals surface area contributed by atoms with E-state index in [1.54, 1.807) is 12.1 Å². The predicted molar refractivity (Wildman–Crippen MR) is 86.7 cm³/mol. The fourth-order valence-corrected chi connectivity index (χ4v) is 3.81. The minimum Gasteiger partial charge on any atom is -0.386 e. The number of aliphatic hydroxyl groups is 1. The summed E-state index contributed by atoms with van der Waals surface area (Å²) < 4.78 is 0.648. The lowest BCUT2D eigenvalue weighted by atomic mass is 9.84. The van der Waals surface area contributed by atoms with E-state index in [4.69, 9.17) is 11.6 Å². The van der Waals surface area contributed by atoms with Gasteiger partial charge in [0.15, 0.2) is 0 Å². The summed E-state index contributed by atoms with van der Waals surface area (Å²) >= 11 is 7.18. The SMILES string of the molecule is CC(CC(=O)NCC(O)c1ccc(Cl)s1)C1CCNCC1. The lowest BCUT2D eigenvalue weighted by Gasteiger charge is -2.28. The molecule has 3 N–H and O–H groups in total. The summed E-state index contributed by atoms with van der Waals surface area (Å²) in [6.07, 6.45) is 2.14. The number of hydrogen-bond acceptors (Lipinski definition) is 4. The van der Waals surface area contributed by atoms with E-state index < -0.39 is 6.10 Å². The van der Waals surface area contributed by atoms with Crippen LogP contribution < -0.4 is 10.6 Å². The third-order valence-electron chi connectivity index (χ3n) is 4.11. The summed E-state index contributed by atoms with van der Waals surface area (Å²) in [5.74, 6) is 1.03. The average molecular weight is 331 g/mol. The second-order valence-electron chi connectivity index (χ2n) is 5.73. The molecule has 0 bridgehead atoms. The molecule has 0 radical (unpaired) electrons. The Hall–Kier alpha value is -0.620. The fraction of sp³-hybridized carbons (Fsp3) is 0.667. The van der Waals surface area contributed by atoms with Gasteiger partial charge in [-0.15, -0.1) is 11.3 Å². The number of hydrogen-bond donors (Lipinski definition) is 3. The zero-order chi connectivity index (χ0) is 15.2. The maximum Gasteiger partial charge on any atom is 0.220 e. The van der Waals surface area contributed by atoms with Crippen molar-refractivity contribution in [3.63, 3.8) is 0 Å². The molecule has 1 aromatic rings. The summed E-state index contributed by atoms with van der Waals surface area (Å²) in [5, 5.41) is 16.2. The zero-order valence-corrected chi connectivity index (χ0v) is 13.8. The summed E-state index contributed by atoms with van der Waals surface area (Å²) in [7, 11) is 0. The van der Waals surface area contributed by atoms with Gasteiger partial charge >= 0.3 is 0 Å². The normalized spacial score (nSPS) is 19.2. The topological polar surface area (TPSA) is 61.4 Å². The minimum absolute atomic E-state index is 0.0164. The van der Waals surface area contributed by atoms with Crippen molar-refractivity contribution in [3.8, 4) is 0 Å². The molecule has 0 spiro atoms. The number of carbonyl (C=O) groups is 1. The third-order valence-corrected chi connectivity index (χ3v) is 5.44. The molecular formula is C15H23ClN2O2S. The van der Waals surface area contributed by atoms with E-state index in [0.29, 0.717) is 22.6 Å². The largest absolute Gasteiger partial charge is 0.386 e. The quantitative estimate of drug-likeness (QED) is 0.751. The molecule has 1 saturated heterocycles. The Kier molecular flexibility index (Phi) is 6.48. The van der Waals surface area contributed by atoms with Crippen LogP contribution in [0.1, 0.15) is 37.2 Å². The Morgan fingerprint density at radius 2 is 2.24 bits per heavy atom. The van der Waals surface area contributed by atoms with Gasteiger partial charge in [0.1, 0.15) is 6.10 Å². The first-order valence-corrected chi connectivity index (χ1v) is 8.66. The Balaban J connectivity index is 1.71. The van der Waals surface area contributed by atoms with Crippen LogP contribution in [-0.2, 0) is 4.79 Å². The average Bonchev–Trinajstić information content (AvgIpc) is 2.92. The highest BCUT2D eigenvalue weighted by Gasteiger charge is 2.22. The van der Waals surface area contributed by atoms with Crippen molar-refractivity contribution < 1.29 is 9.90 Å². The van der Waals surface area contributed by atoms with Crippen LogP contribution in [0.3, 0.4) is 0 Å². The highest BCUT2D eigenvalue weighted by atomic mass is 35.5. The molecule has 1 aliphatic heterocycles. The van der Waals surface area contributed by atoms with E-state index in [9.17, 15) is 9.90 Å². The van der Waals surface area contributed by atoms with Gasteiger partial charge in [0, 0.05) is 17.8 Å². The first-order chi connectivity index (χ1) is 10.1. The van der Waals surface area contributed by atoms with Crippen LogP contribution in [0.25, 0.3) is 0 Å². The van der Waals surface area contributed by atoms with Crippen LogP contribution in [0.5, 0.6) is 0 Å². The van der Waals surface area contributed by atoms with Crippen molar-refractivity contribution in [2.24, 2.45) is 11.8 Å². The Labute approximate surface area is 134 Å². The van der Waals surface area contributed by atoms with Crippen LogP contribution in [0.2, 0.25) is 4.34 Å². The zero-order valence-electron chi connectivity index (χ0n) is 12.3. The Bertz CT molecular complexity index is 460. The van der Waals surface area contributed by atoms with Gasteiger partial charge in [0.2, 0.25) is 5.91 Å². The van der Waals surface area contributed by atoms with Gasteiger partial charge in [-0.25, -0.2) is 0 Å².